The van der Waals surface area contributed by atoms with Gasteiger partial charge in [-0.15, -0.1) is 0 Å². The molecule has 6 rings (SSSR count). The molecule has 10 nitrogen and oxygen atoms in total. The standard InChI is InChI=1S/C28H28N6O4/c29-25-24-23(33-26(34(24)13-12-31-25)18-2-1-3-19(14-18)28(36)37)16-4-6-17(7-5-16)27(35)32-22-15-21(10-11-30-22)38-20-8-9-20/h4-7,10-13,15,18-20H,1-3,8-9,14H2,(H2,29,31)(H,36,37)(H,30,32,35)/t18-,19+/m1/s1. The fourth-order valence-corrected chi connectivity index (χ4v) is 5.12. The Morgan fingerprint density at radius 1 is 1.05 bits per heavy atom. The van der Waals surface area contributed by atoms with Crippen molar-refractivity contribution >= 4 is 29.0 Å². The molecule has 2 aliphatic rings. The molecule has 2 atom stereocenters. The first-order valence-electron chi connectivity index (χ1n) is 12.9. The Morgan fingerprint density at radius 2 is 1.87 bits per heavy atom. The molecule has 1 aromatic carbocycles. The van der Waals surface area contributed by atoms with Gasteiger partial charge < -0.3 is 20.9 Å². The number of carbonyl (C=O) groups excluding carboxylic acids is 1. The molecule has 0 radical (unpaired) electrons. The molecule has 0 saturated heterocycles. The highest BCUT2D eigenvalue weighted by atomic mass is 16.5. The monoisotopic (exact) mass is 512 g/mol. The van der Waals surface area contributed by atoms with Crippen LogP contribution in [-0.2, 0) is 4.79 Å². The third-order valence-corrected chi connectivity index (χ3v) is 7.22. The van der Waals surface area contributed by atoms with Crippen LogP contribution in [0.25, 0.3) is 16.8 Å². The summed E-state index contributed by atoms with van der Waals surface area (Å²) >= 11 is 0. The second kappa shape index (κ2) is 9.77. The second-order valence-corrected chi connectivity index (χ2v) is 9.97. The number of imidazole rings is 1. The average molecular weight is 513 g/mol. The number of carboxylic acids is 1. The van der Waals surface area contributed by atoms with Crippen LogP contribution in [0.1, 0.15) is 60.6 Å². The van der Waals surface area contributed by atoms with E-state index in [2.05, 4.69) is 15.3 Å². The maximum absolute atomic E-state index is 12.9. The van der Waals surface area contributed by atoms with Gasteiger partial charge in [0, 0.05) is 41.7 Å². The Labute approximate surface area is 218 Å². The summed E-state index contributed by atoms with van der Waals surface area (Å²) in [5.74, 6) is 0.822. The summed E-state index contributed by atoms with van der Waals surface area (Å²) in [5, 5.41) is 12.4. The first-order chi connectivity index (χ1) is 18.5. The Bertz CT molecular complexity index is 1510. The number of rotatable bonds is 7. The number of nitrogen functional groups attached to an aromatic ring is 1. The highest BCUT2D eigenvalue weighted by Crippen LogP contribution is 2.39. The molecule has 38 heavy (non-hydrogen) atoms. The number of nitrogens with zero attached hydrogens (tertiary/aromatic N) is 4. The molecule has 3 heterocycles. The van der Waals surface area contributed by atoms with Gasteiger partial charge in [0.05, 0.1) is 12.0 Å². The van der Waals surface area contributed by atoms with Gasteiger partial charge in [0.15, 0.2) is 0 Å². The molecule has 0 aliphatic heterocycles. The van der Waals surface area contributed by atoms with Crippen molar-refractivity contribution in [2.75, 3.05) is 11.1 Å². The molecular weight excluding hydrogens is 484 g/mol. The molecule has 0 unspecified atom stereocenters. The summed E-state index contributed by atoms with van der Waals surface area (Å²) in [7, 11) is 0. The lowest BCUT2D eigenvalue weighted by Gasteiger charge is -2.25. The summed E-state index contributed by atoms with van der Waals surface area (Å²) in [6.07, 6.45) is 10.3. The number of aromatic nitrogens is 4. The van der Waals surface area contributed by atoms with Crippen LogP contribution >= 0.6 is 0 Å². The molecule has 2 fully saturated rings. The molecule has 10 heteroatoms. The number of anilines is 2. The SMILES string of the molecule is Nc1nccn2c([C@@H]3CCC[C@H](C(=O)O)C3)nc(-c3ccc(C(=O)Nc4cc(OC5CC5)ccn4)cc3)c12. The number of nitrogens with two attached hydrogens (primary N) is 1. The van der Waals surface area contributed by atoms with Crippen LogP contribution in [0.2, 0.25) is 0 Å². The van der Waals surface area contributed by atoms with Gasteiger partial charge in [-0.2, -0.15) is 0 Å². The van der Waals surface area contributed by atoms with Gasteiger partial charge in [0.2, 0.25) is 0 Å². The van der Waals surface area contributed by atoms with Crippen LogP contribution in [0.3, 0.4) is 0 Å². The van der Waals surface area contributed by atoms with Gasteiger partial charge in [0.1, 0.15) is 34.4 Å². The van der Waals surface area contributed by atoms with E-state index in [1.807, 2.05) is 22.7 Å². The van der Waals surface area contributed by atoms with Gasteiger partial charge in [-0.1, -0.05) is 18.6 Å². The van der Waals surface area contributed by atoms with Gasteiger partial charge in [-0.25, -0.2) is 15.0 Å². The molecule has 2 saturated carbocycles. The minimum Gasteiger partial charge on any atom is -0.490 e. The fourth-order valence-electron chi connectivity index (χ4n) is 5.12. The number of amides is 1. The van der Waals surface area contributed by atoms with Gasteiger partial charge in [-0.05, 0) is 50.3 Å². The predicted octanol–water partition coefficient (Wildman–Crippen LogP) is 4.53. The molecule has 1 amide bonds. The van der Waals surface area contributed by atoms with Crippen LogP contribution in [0.15, 0.2) is 55.0 Å². The van der Waals surface area contributed by atoms with Crippen LogP contribution in [0, 0.1) is 5.92 Å². The summed E-state index contributed by atoms with van der Waals surface area (Å²) < 4.78 is 7.71. The molecule has 4 aromatic rings. The second-order valence-electron chi connectivity index (χ2n) is 9.97. The molecule has 4 N–H and O–H groups in total. The molecule has 3 aromatic heterocycles. The number of nitrogens with one attached hydrogen (secondary N) is 1. The van der Waals surface area contributed by atoms with Crippen molar-refractivity contribution in [3.05, 3.63) is 66.4 Å². The number of pyridine rings is 1. The lowest BCUT2D eigenvalue weighted by atomic mass is 9.81. The zero-order valence-electron chi connectivity index (χ0n) is 20.7. The van der Waals surface area contributed by atoms with Crippen LogP contribution in [0.5, 0.6) is 5.75 Å². The van der Waals surface area contributed by atoms with Crippen LogP contribution < -0.4 is 15.8 Å². The van der Waals surface area contributed by atoms with Crippen molar-refractivity contribution < 1.29 is 19.4 Å². The van der Waals surface area contributed by atoms with Crippen molar-refractivity contribution in [2.24, 2.45) is 5.92 Å². The van der Waals surface area contributed by atoms with E-state index in [0.29, 0.717) is 47.0 Å². The van der Waals surface area contributed by atoms with Gasteiger partial charge in [-0.3, -0.25) is 14.0 Å². The van der Waals surface area contributed by atoms with Gasteiger partial charge >= 0.3 is 5.97 Å². The van der Waals surface area contributed by atoms with Crippen molar-refractivity contribution in [3.8, 4) is 17.0 Å². The Kier molecular flexibility index (Phi) is 6.15. The molecule has 0 bridgehead atoms. The highest BCUT2D eigenvalue weighted by molar-refractivity contribution is 6.04. The predicted molar refractivity (Wildman–Crippen MR) is 141 cm³/mol. The first kappa shape index (κ1) is 23.9. The topological polar surface area (TPSA) is 145 Å². The molecule has 0 spiro atoms. The lowest BCUT2D eigenvalue weighted by Crippen LogP contribution is -2.22. The quantitative estimate of drug-likeness (QED) is 0.328. The summed E-state index contributed by atoms with van der Waals surface area (Å²) in [6.45, 7) is 0. The third kappa shape index (κ3) is 4.77. The normalized spacial score (nSPS) is 19.3. The van der Waals surface area contributed by atoms with E-state index in [1.165, 1.54) is 0 Å². The van der Waals surface area contributed by atoms with Crippen molar-refractivity contribution in [3.63, 3.8) is 0 Å². The molecule has 2 aliphatic carbocycles. The van der Waals surface area contributed by atoms with E-state index < -0.39 is 5.97 Å². The molecule has 194 valence electrons. The number of carbonyl (C=O) groups is 2. The number of aliphatic carboxylic acids is 1. The number of benzene rings is 1. The minimum atomic E-state index is -0.761. The summed E-state index contributed by atoms with van der Waals surface area (Å²) in [6, 6.07) is 10.6. The highest BCUT2D eigenvalue weighted by Gasteiger charge is 2.31. The zero-order valence-corrected chi connectivity index (χ0v) is 20.7. The average Bonchev–Trinajstić information content (AvgIpc) is 3.65. The number of carboxylic acid groups (broad SMARTS) is 1. The summed E-state index contributed by atoms with van der Waals surface area (Å²) in [4.78, 5) is 37.9. The van der Waals surface area contributed by atoms with Gasteiger partial charge in [0.25, 0.3) is 5.91 Å². The number of hydrogen-bond acceptors (Lipinski definition) is 7. The van der Waals surface area contributed by atoms with Crippen LogP contribution in [-0.4, -0.2) is 42.4 Å². The fraction of sp³-hybridized carbons (Fsp3) is 0.321. The van der Waals surface area contributed by atoms with E-state index in [1.54, 1.807) is 36.7 Å². The smallest absolute Gasteiger partial charge is 0.306 e. The Balaban J connectivity index is 1.26. The maximum atomic E-state index is 12.9. The Morgan fingerprint density at radius 3 is 2.63 bits per heavy atom. The number of ether oxygens (including phenoxy) is 1. The van der Waals surface area contributed by atoms with Crippen molar-refractivity contribution in [1.29, 1.82) is 0 Å². The zero-order chi connectivity index (χ0) is 26.2. The van der Waals surface area contributed by atoms with Crippen molar-refractivity contribution in [1.82, 2.24) is 19.4 Å². The first-order valence-corrected chi connectivity index (χ1v) is 12.9. The van der Waals surface area contributed by atoms with Crippen molar-refractivity contribution in [2.45, 2.75) is 50.5 Å². The largest absolute Gasteiger partial charge is 0.490 e. The minimum absolute atomic E-state index is 0.00473. The van der Waals surface area contributed by atoms with E-state index in [9.17, 15) is 14.7 Å². The van der Waals surface area contributed by atoms with Crippen LogP contribution in [0.4, 0.5) is 11.6 Å². The van der Waals surface area contributed by atoms with E-state index in [0.717, 1.165) is 37.1 Å². The Hall–Kier alpha value is -4.47. The summed E-state index contributed by atoms with van der Waals surface area (Å²) in [5.41, 5.74) is 8.86. The van der Waals surface area contributed by atoms with E-state index >= 15 is 0 Å². The lowest BCUT2D eigenvalue weighted by molar-refractivity contribution is -0.143. The third-order valence-electron chi connectivity index (χ3n) is 7.22. The van der Waals surface area contributed by atoms with E-state index in [-0.39, 0.29) is 23.8 Å². The number of hydrogen-bond donors (Lipinski definition) is 3. The molecular formula is C28H28N6O4. The number of fused-ring (bicyclic) bond motifs is 1. The maximum Gasteiger partial charge on any atom is 0.306 e. The van der Waals surface area contributed by atoms with E-state index in [4.69, 9.17) is 15.5 Å².